The second kappa shape index (κ2) is 6.83. The lowest BCUT2D eigenvalue weighted by molar-refractivity contribution is 0.0255. The van der Waals surface area contributed by atoms with Gasteiger partial charge in [-0.2, -0.15) is 10.2 Å². The van der Waals surface area contributed by atoms with Gasteiger partial charge in [-0.3, -0.25) is 9.80 Å². The van der Waals surface area contributed by atoms with Crippen molar-refractivity contribution in [2.45, 2.75) is 12.6 Å². The van der Waals surface area contributed by atoms with Crippen molar-refractivity contribution < 1.29 is 4.39 Å². The molecule has 0 bridgehead atoms. The van der Waals surface area contributed by atoms with Crippen molar-refractivity contribution in [1.29, 1.82) is 0 Å². The highest BCUT2D eigenvalue weighted by molar-refractivity contribution is 5.46. The van der Waals surface area contributed by atoms with Crippen LogP contribution in [0, 0.1) is 5.82 Å². The second-order valence-corrected chi connectivity index (χ2v) is 6.60. The number of rotatable bonds is 4. The van der Waals surface area contributed by atoms with E-state index in [0.29, 0.717) is 6.04 Å². The van der Waals surface area contributed by atoms with E-state index in [1.54, 1.807) is 18.3 Å². The molecule has 4 rings (SSSR count). The van der Waals surface area contributed by atoms with Crippen LogP contribution in [0.5, 0.6) is 0 Å². The number of hydrogen-bond donors (Lipinski definition) is 0. The SMILES string of the molecule is Fc1ccc(N2CCN(C3CN(Cc4ccnnc4)C3)CC2)cc1. The third kappa shape index (κ3) is 3.39. The topological polar surface area (TPSA) is 35.5 Å². The summed E-state index contributed by atoms with van der Waals surface area (Å²) in [4.78, 5) is 7.38. The minimum Gasteiger partial charge on any atom is -0.369 e. The molecule has 2 aliphatic heterocycles. The van der Waals surface area contributed by atoms with Crippen LogP contribution in [0.1, 0.15) is 5.56 Å². The molecule has 0 radical (unpaired) electrons. The van der Waals surface area contributed by atoms with E-state index in [1.807, 2.05) is 24.4 Å². The van der Waals surface area contributed by atoms with E-state index in [-0.39, 0.29) is 5.82 Å². The Morgan fingerprint density at radius 3 is 2.38 bits per heavy atom. The highest BCUT2D eigenvalue weighted by Gasteiger charge is 2.33. The summed E-state index contributed by atoms with van der Waals surface area (Å²) in [6, 6.07) is 9.52. The van der Waals surface area contributed by atoms with Gasteiger partial charge < -0.3 is 4.90 Å². The van der Waals surface area contributed by atoms with Gasteiger partial charge in [-0.05, 0) is 35.9 Å². The number of anilines is 1. The normalized spacial score (nSPS) is 20.1. The first-order chi connectivity index (χ1) is 11.8. The van der Waals surface area contributed by atoms with Crippen molar-refractivity contribution in [3.8, 4) is 0 Å². The summed E-state index contributed by atoms with van der Waals surface area (Å²) in [5.41, 5.74) is 2.35. The Morgan fingerprint density at radius 2 is 1.71 bits per heavy atom. The van der Waals surface area contributed by atoms with Gasteiger partial charge >= 0.3 is 0 Å². The zero-order valence-electron chi connectivity index (χ0n) is 13.7. The molecule has 1 aromatic carbocycles. The maximum atomic E-state index is 13.0. The Morgan fingerprint density at radius 1 is 0.958 bits per heavy atom. The Labute approximate surface area is 141 Å². The molecule has 0 atom stereocenters. The summed E-state index contributed by atoms with van der Waals surface area (Å²) >= 11 is 0. The van der Waals surface area contributed by atoms with Crippen molar-refractivity contribution in [2.24, 2.45) is 0 Å². The standard InChI is InChI=1S/C18H22FN5/c19-16-1-3-17(4-2-16)23-7-9-24(10-8-23)18-13-22(14-18)12-15-5-6-20-21-11-15/h1-6,11,18H,7-10,12-14H2. The van der Waals surface area contributed by atoms with Crippen molar-refractivity contribution in [2.75, 3.05) is 44.2 Å². The van der Waals surface area contributed by atoms with E-state index in [2.05, 4.69) is 24.9 Å². The second-order valence-electron chi connectivity index (χ2n) is 6.60. The van der Waals surface area contributed by atoms with E-state index in [9.17, 15) is 4.39 Å². The predicted octanol–water partition coefficient (Wildman–Crippen LogP) is 1.62. The van der Waals surface area contributed by atoms with Crippen LogP contribution in [0.25, 0.3) is 0 Å². The number of halogens is 1. The minimum atomic E-state index is -0.170. The molecule has 2 saturated heterocycles. The highest BCUT2D eigenvalue weighted by atomic mass is 19.1. The zero-order valence-corrected chi connectivity index (χ0v) is 13.7. The van der Waals surface area contributed by atoms with E-state index < -0.39 is 0 Å². The Kier molecular flexibility index (Phi) is 4.40. The van der Waals surface area contributed by atoms with Crippen LogP contribution < -0.4 is 4.90 Å². The Hall–Kier alpha value is -2.05. The smallest absolute Gasteiger partial charge is 0.123 e. The molecule has 0 aliphatic carbocycles. The molecular weight excluding hydrogens is 305 g/mol. The molecular formula is C18H22FN5. The quantitative estimate of drug-likeness (QED) is 0.853. The van der Waals surface area contributed by atoms with Gasteiger partial charge in [0.05, 0.1) is 6.20 Å². The molecule has 2 fully saturated rings. The fourth-order valence-corrected chi connectivity index (χ4v) is 3.57. The number of piperazine rings is 1. The van der Waals surface area contributed by atoms with Crippen LogP contribution in [0.4, 0.5) is 10.1 Å². The highest BCUT2D eigenvalue weighted by Crippen LogP contribution is 2.22. The average molecular weight is 327 g/mol. The fraction of sp³-hybridized carbons (Fsp3) is 0.444. The summed E-state index contributed by atoms with van der Waals surface area (Å²) in [7, 11) is 0. The Bertz CT molecular complexity index is 649. The van der Waals surface area contributed by atoms with Gasteiger partial charge in [0.15, 0.2) is 0 Å². The van der Waals surface area contributed by atoms with Crippen molar-refractivity contribution in [3.05, 3.63) is 54.1 Å². The van der Waals surface area contributed by atoms with Crippen molar-refractivity contribution in [1.82, 2.24) is 20.0 Å². The van der Waals surface area contributed by atoms with Gasteiger partial charge in [0.1, 0.15) is 5.82 Å². The molecule has 0 spiro atoms. The van der Waals surface area contributed by atoms with Crippen LogP contribution in [0.15, 0.2) is 42.7 Å². The molecule has 5 nitrogen and oxygen atoms in total. The molecule has 1 aromatic heterocycles. The van der Waals surface area contributed by atoms with Crippen LogP contribution in [0.3, 0.4) is 0 Å². The Balaban J connectivity index is 1.23. The maximum Gasteiger partial charge on any atom is 0.123 e. The van der Waals surface area contributed by atoms with Gasteiger partial charge in [-0.1, -0.05) is 0 Å². The first-order valence-electron chi connectivity index (χ1n) is 8.50. The first kappa shape index (κ1) is 15.5. The van der Waals surface area contributed by atoms with E-state index in [0.717, 1.165) is 51.5 Å². The summed E-state index contributed by atoms with van der Waals surface area (Å²) in [5, 5.41) is 7.75. The van der Waals surface area contributed by atoms with Gasteiger partial charge in [-0.25, -0.2) is 4.39 Å². The third-order valence-corrected chi connectivity index (χ3v) is 5.01. The largest absolute Gasteiger partial charge is 0.369 e. The van der Waals surface area contributed by atoms with Crippen LogP contribution in [-0.2, 0) is 6.54 Å². The predicted molar refractivity (Wildman–Crippen MR) is 91.3 cm³/mol. The molecule has 126 valence electrons. The number of likely N-dealkylation sites (tertiary alicyclic amines) is 1. The van der Waals surface area contributed by atoms with Gasteiger partial charge in [0.25, 0.3) is 0 Å². The van der Waals surface area contributed by atoms with Gasteiger partial charge in [-0.15, -0.1) is 0 Å². The van der Waals surface area contributed by atoms with Gasteiger partial charge in [0, 0.05) is 63.7 Å². The third-order valence-electron chi connectivity index (χ3n) is 5.01. The molecule has 3 heterocycles. The molecule has 0 saturated carbocycles. The molecule has 0 N–H and O–H groups in total. The molecule has 2 aliphatic rings. The summed E-state index contributed by atoms with van der Waals surface area (Å²) in [6.07, 6.45) is 3.59. The molecule has 0 unspecified atom stereocenters. The summed E-state index contributed by atoms with van der Waals surface area (Å²) in [5.74, 6) is -0.170. The average Bonchev–Trinajstić information content (AvgIpc) is 2.60. The maximum absolute atomic E-state index is 13.0. The van der Waals surface area contributed by atoms with Crippen molar-refractivity contribution in [3.63, 3.8) is 0 Å². The van der Waals surface area contributed by atoms with Crippen LogP contribution in [0.2, 0.25) is 0 Å². The number of benzene rings is 1. The lowest BCUT2D eigenvalue weighted by Crippen LogP contribution is -2.62. The molecule has 6 heteroatoms. The van der Waals surface area contributed by atoms with Gasteiger partial charge in [0.2, 0.25) is 0 Å². The first-order valence-corrected chi connectivity index (χ1v) is 8.50. The minimum absolute atomic E-state index is 0.170. The lowest BCUT2D eigenvalue weighted by Gasteiger charge is -2.48. The number of nitrogens with zero attached hydrogens (tertiary/aromatic N) is 5. The van der Waals surface area contributed by atoms with Crippen LogP contribution >= 0.6 is 0 Å². The van der Waals surface area contributed by atoms with E-state index in [1.165, 1.54) is 5.56 Å². The van der Waals surface area contributed by atoms with E-state index >= 15 is 0 Å². The monoisotopic (exact) mass is 327 g/mol. The fourth-order valence-electron chi connectivity index (χ4n) is 3.57. The molecule has 0 amide bonds. The molecule has 24 heavy (non-hydrogen) atoms. The summed E-state index contributed by atoms with van der Waals surface area (Å²) < 4.78 is 13.0. The van der Waals surface area contributed by atoms with E-state index in [4.69, 9.17) is 0 Å². The lowest BCUT2D eigenvalue weighted by atomic mass is 10.0. The van der Waals surface area contributed by atoms with Crippen LogP contribution in [-0.4, -0.2) is 65.3 Å². The molecule has 2 aromatic rings. The number of hydrogen-bond acceptors (Lipinski definition) is 5. The zero-order chi connectivity index (χ0) is 16.4. The number of aromatic nitrogens is 2. The van der Waals surface area contributed by atoms with Crippen molar-refractivity contribution >= 4 is 5.69 Å². The summed E-state index contributed by atoms with van der Waals surface area (Å²) in [6.45, 7) is 7.38.